The molecule has 0 radical (unpaired) electrons. The number of rotatable bonds is 13. The summed E-state index contributed by atoms with van der Waals surface area (Å²) in [7, 11) is 0. The zero-order valence-electron chi connectivity index (χ0n) is 28.0. The quantitative estimate of drug-likeness (QED) is 0.133. The summed E-state index contributed by atoms with van der Waals surface area (Å²) in [6, 6.07) is 49.6. The third-order valence-corrected chi connectivity index (χ3v) is 8.87. The van der Waals surface area contributed by atoms with Crippen LogP contribution in [0.15, 0.2) is 152 Å². The Bertz CT molecular complexity index is 1970. The molecule has 3 atom stereocenters. The second-order valence-corrected chi connectivity index (χ2v) is 12.5. The third kappa shape index (κ3) is 7.94. The first-order valence-corrected chi connectivity index (χ1v) is 16.9. The molecule has 6 nitrogen and oxygen atoms in total. The maximum Gasteiger partial charge on any atom is 0.162 e. The lowest BCUT2D eigenvalue weighted by molar-refractivity contribution is 0.00221. The van der Waals surface area contributed by atoms with Crippen LogP contribution >= 0.6 is 0 Å². The molecule has 1 aliphatic heterocycles. The highest BCUT2D eigenvalue weighted by molar-refractivity contribution is 5.55. The molecule has 1 aliphatic rings. The molecule has 0 saturated heterocycles. The highest BCUT2D eigenvalue weighted by Gasteiger charge is 2.38. The maximum absolute atomic E-state index is 11.8. The average molecular weight is 665 g/mol. The minimum absolute atomic E-state index is 0.305. The highest BCUT2D eigenvalue weighted by atomic mass is 16.5. The molecule has 0 saturated carbocycles. The highest BCUT2D eigenvalue weighted by Crippen LogP contribution is 2.49. The molecule has 0 aliphatic carbocycles. The number of aliphatic hydroxyl groups is 1. The van der Waals surface area contributed by atoms with Crippen LogP contribution in [-0.4, -0.2) is 11.2 Å². The largest absolute Gasteiger partial charge is 0.489 e. The van der Waals surface area contributed by atoms with E-state index in [-0.39, 0.29) is 5.92 Å². The lowest BCUT2D eigenvalue weighted by Crippen LogP contribution is -2.33. The summed E-state index contributed by atoms with van der Waals surface area (Å²) in [6.45, 7) is 3.53. The van der Waals surface area contributed by atoms with Crippen LogP contribution in [0, 0.1) is 0 Å². The Kier molecular flexibility index (Phi) is 10.3. The van der Waals surface area contributed by atoms with E-state index in [1.54, 1.807) is 0 Å². The van der Waals surface area contributed by atoms with E-state index < -0.39 is 12.2 Å². The van der Waals surface area contributed by atoms with Gasteiger partial charge in [-0.1, -0.05) is 134 Å². The van der Waals surface area contributed by atoms with Crippen molar-refractivity contribution < 1.29 is 28.8 Å². The molecule has 50 heavy (non-hydrogen) atoms. The van der Waals surface area contributed by atoms with Crippen molar-refractivity contribution in [2.24, 2.45) is 0 Å². The number of hydrogen-bond donors (Lipinski definition) is 1. The summed E-state index contributed by atoms with van der Waals surface area (Å²) >= 11 is 0. The molecule has 0 spiro atoms. The fourth-order valence-corrected chi connectivity index (χ4v) is 6.11. The third-order valence-electron chi connectivity index (χ3n) is 8.87. The Morgan fingerprint density at radius 2 is 0.960 bits per heavy atom. The Hall–Kier alpha value is -5.72. The molecule has 0 aromatic heterocycles. The summed E-state index contributed by atoms with van der Waals surface area (Å²) in [6.07, 6.45) is -1.54. The molecule has 7 rings (SSSR count). The van der Waals surface area contributed by atoms with E-state index in [0.29, 0.717) is 55.2 Å². The summed E-state index contributed by atoms with van der Waals surface area (Å²) in [5, 5.41) is 11.8. The SMILES string of the molecule is CC1c2c(OCc3ccccc3)cc(OCc3ccccc3)cc2O[C@H](c2ccc(OCc3ccccc3)c(OCc3ccccc3)c2)[C@H]1O. The van der Waals surface area contributed by atoms with Crippen LogP contribution < -0.4 is 23.7 Å². The van der Waals surface area contributed by atoms with Crippen molar-refractivity contribution in [3.63, 3.8) is 0 Å². The second-order valence-electron chi connectivity index (χ2n) is 12.5. The van der Waals surface area contributed by atoms with E-state index >= 15 is 0 Å². The van der Waals surface area contributed by atoms with Gasteiger partial charge in [-0.3, -0.25) is 0 Å². The Morgan fingerprint density at radius 1 is 0.500 bits per heavy atom. The van der Waals surface area contributed by atoms with Gasteiger partial charge in [-0.05, 0) is 39.9 Å². The fourth-order valence-electron chi connectivity index (χ4n) is 6.11. The van der Waals surface area contributed by atoms with E-state index in [9.17, 15) is 5.11 Å². The molecular weight excluding hydrogens is 624 g/mol. The van der Waals surface area contributed by atoms with Gasteiger partial charge in [0.1, 0.15) is 49.8 Å². The molecule has 6 aromatic rings. The summed E-state index contributed by atoms with van der Waals surface area (Å²) < 4.78 is 32.0. The zero-order valence-corrected chi connectivity index (χ0v) is 28.0. The maximum atomic E-state index is 11.8. The van der Waals surface area contributed by atoms with E-state index in [1.165, 1.54) is 0 Å². The molecular formula is C44H40O6. The lowest BCUT2D eigenvalue weighted by atomic mass is 9.85. The molecule has 1 unspecified atom stereocenters. The predicted octanol–water partition coefficient (Wildman–Crippen LogP) is 9.60. The molecule has 0 fully saturated rings. The Labute approximate surface area is 293 Å². The van der Waals surface area contributed by atoms with Crippen LogP contribution in [0.25, 0.3) is 0 Å². The van der Waals surface area contributed by atoms with E-state index in [1.807, 2.05) is 159 Å². The Morgan fingerprint density at radius 3 is 1.48 bits per heavy atom. The van der Waals surface area contributed by atoms with E-state index in [4.69, 9.17) is 23.7 Å². The van der Waals surface area contributed by atoms with Gasteiger partial charge >= 0.3 is 0 Å². The molecule has 6 aromatic carbocycles. The van der Waals surface area contributed by atoms with Crippen LogP contribution in [0.4, 0.5) is 0 Å². The van der Waals surface area contributed by atoms with Gasteiger partial charge in [-0.2, -0.15) is 0 Å². The molecule has 0 bridgehead atoms. The normalized spacial score (nSPS) is 16.5. The number of hydrogen-bond acceptors (Lipinski definition) is 6. The van der Waals surface area contributed by atoms with Gasteiger partial charge in [0.2, 0.25) is 0 Å². The number of aliphatic hydroxyl groups excluding tert-OH is 1. The summed E-state index contributed by atoms with van der Waals surface area (Å²) in [5.41, 5.74) is 5.76. The van der Waals surface area contributed by atoms with Crippen LogP contribution in [0.1, 0.15) is 52.3 Å². The van der Waals surface area contributed by atoms with Gasteiger partial charge in [0.25, 0.3) is 0 Å². The minimum Gasteiger partial charge on any atom is -0.489 e. The van der Waals surface area contributed by atoms with Gasteiger partial charge in [0.15, 0.2) is 17.6 Å². The van der Waals surface area contributed by atoms with Crippen LogP contribution in [0.2, 0.25) is 0 Å². The number of fused-ring (bicyclic) bond motifs is 1. The first-order valence-electron chi connectivity index (χ1n) is 16.9. The average Bonchev–Trinajstić information content (AvgIpc) is 3.17. The van der Waals surface area contributed by atoms with Crippen LogP contribution in [-0.2, 0) is 26.4 Å². The second kappa shape index (κ2) is 15.7. The Balaban J connectivity index is 1.19. The topological polar surface area (TPSA) is 66.4 Å². The van der Waals surface area contributed by atoms with Crippen molar-refractivity contribution in [2.75, 3.05) is 0 Å². The lowest BCUT2D eigenvalue weighted by Gasteiger charge is -2.36. The fraction of sp³-hybridized carbons (Fsp3) is 0.182. The first-order chi connectivity index (χ1) is 24.6. The predicted molar refractivity (Wildman–Crippen MR) is 194 cm³/mol. The minimum atomic E-state index is -0.865. The van der Waals surface area contributed by atoms with Crippen LogP contribution in [0.3, 0.4) is 0 Å². The molecule has 0 amide bonds. The molecule has 1 heterocycles. The molecule has 252 valence electrons. The van der Waals surface area contributed by atoms with Gasteiger partial charge < -0.3 is 28.8 Å². The van der Waals surface area contributed by atoms with Crippen molar-refractivity contribution in [2.45, 2.75) is 51.5 Å². The zero-order chi connectivity index (χ0) is 34.1. The standard InChI is InChI=1S/C44H40O6/c1-31-42-40(49-30-35-20-12-5-13-21-35)25-37(46-27-32-14-6-2-7-15-32)26-41(42)50-44(43(31)45)36-22-23-38(47-28-33-16-8-3-9-17-33)39(24-36)48-29-34-18-10-4-11-19-34/h2-26,31,43-45H,27-30H2,1H3/t31?,43-,44+/m0/s1. The van der Waals surface area contributed by atoms with Crippen molar-refractivity contribution in [3.8, 4) is 28.7 Å². The first kappa shape index (κ1) is 32.8. The van der Waals surface area contributed by atoms with E-state index in [2.05, 4.69) is 0 Å². The number of ether oxygens (including phenoxy) is 5. The monoisotopic (exact) mass is 664 g/mol. The van der Waals surface area contributed by atoms with Crippen molar-refractivity contribution in [3.05, 3.63) is 185 Å². The van der Waals surface area contributed by atoms with E-state index in [0.717, 1.165) is 33.4 Å². The van der Waals surface area contributed by atoms with Gasteiger partial charge in [-0.15, -0.1) is 0 Å². The molecule has 1 N–H and O–H groups in total. The van der Waals surface area contributed by atoms with Crippen molar-refractivity contribution in [1.82, 2.24) is 0 Å². The van der Waals surface area contributed by atoms with Crippen molar-refractivity contribution >= 4 is 0 Å². The smallest absolute Gasteiger partial charge is 0.162 e. The summed E-state index contributed by atoms with van der Waals surface area (Å²) in [4.78, 5) is 0. The van der Waals surface area contributed by atoms with Crippen molar-refractivity contribution in [1.29, 1.82) is 0 Å². The van der Waals surface area contributed by atoms with Gasteiger partial charge in [0.05, 0.1) is 0 Å². The van der Waals surface area contributed by atoms with Gasteiger partial charge in [0, 0.05) is 23.6 Å². The summed E-state index contributed by atoms with van der Waals surface area (Å²) in [5.74, 6) is 2.73. The van der Waals surface area contributed by atoms with Gasteiger partial charge in [-0.25, -0.2) is 0 Å². The number of benzene rings is 6. The van der Waals surface area contributed by atoms with Crippen LogP contribution in [0.5, 0.6) is 28.7 Å². The molecule has 6 heteroatoms.